The Morgan fingerprint density at radius 3 is 0.944 bits per heavy atom. The van der Waals surface area contributed by atoms with Crippen LogP contribution in [-0.4, -0.2) is 180 Å². The van der Waals surface area contributed by atoms with Gasteiger partial charge in [0.25, 0.3) is 47.3 Å². The highest BCUT2D eigenvalue weighted by atomic mass is 16.5. The van der Waals surface area contributed by atoms with Crippen LogP contribution in [0, 0.1) is 0 Å². The molecule has 0 radical (unpaired) electrons. The number of hydrogen-bond donors (Lipinski definition) is 14. The van der Waals surface area contributed by atoms with Crippen LogP contribution in [0.3, 0.4) is 0 Å². The lowest BCUT2D eigenvalue weighted by Gasteiger charge is -2.10. The molecule has 38 nitrogen and oxygen atoms in total. The van der Waals surface area contributed by atoms with Crippen LogP contribution < -0.4 is 69.3 Å². The lowest BCUT2D eigenvalue weighted by Crippen LogP contribution is -2.32. The molecule has 0 fully saturated rings. The maximum Gasteiger partial charge on any atom is 0.291 e. The molecule has 0 saturated heterocycles. The number of amides is 13. The van der Waals surface area contributed by atoms with Crippen molar-refractivity contribution in [2.24, 2.45) is 56.4 Å². The molecule has 107 heavy (non-hydrogen) atoms. The molecule has 0 aliphatic heterocycles. The number of aryl methyl sites for hydroxylation is 8. The predicted octanol–water partition coefficient (Wildman–Crippen LogP) is 3.33. The zero-order valence-electron chi connectivity index (χ0n) is 61.1. The number of anilines is 8. The first-order valence-corrected chi connectivity index (χ1v) is 34.1. The Labute approximate surface area is 614 Å². The van der Waals surface area contributed by atoms with E-state index in [1.807, 2.05) is 19.0 Å². The van der Waals surface area contributed by atoms with Crippen molar-refractivity contribution < 1.29 is 67.5 Å². The first-order chi connectivity index (χ1) is 50.9. The summed E-state index contributed by atoms with van der Waals surface area (Å²) in [4.78, 5) is 179. The zero-order valence-corrected chi connectivity index (χ0v) is 61.1. The second-order valence-corrected chi connectivity index (χ2v) is 25.7. The lowest BCUT2D eigenvalue weighted by atomic mass is 10.1. The standard InChI is InChI=1S/C69H90N24O14/c1-85(2)26-16-23-73-63(100)48-28-42(34-87(48)4)75-65(102)50-30-44(36-89(50)6)77-66(103)51-31-45(37-90(51)7)78-68(105)60-82-53(39-92(60)9)80-57(96)19-15-22-72-62(99)47-27-41(33-86(47)3)74-64(101)49-29-43(35-88(49)5)76-67(104)52-32-46(38-91(52)8)79-69(106)61-83-54(40-93(61)10)81-58(97)21-25-71-56(95)20-24-70-55(94)17-13-11-12-14-18-59(98)84-107/h27-40,107H,11-26H2,1-10H3,(H,70,94)(H,71,95)(H,72,99)(H,73,100)(H,74,101)(H,75,102)(H,76,104)(H,77,103)(H,78,105)(H,79,106)(H,80,96)(H,81,97)(H,84,98). The number of hydroxylamine groups is 1. The minimum absolute atomic E-state index is 0.00435. The molecule has 38 heteroatoms. The van der Waals surface area contributed by atoms with Gasteiger partial charge in [-0.2, -0.15) is 0 Å². The van der Waals surface area contributed by atoms with Crippen LogP contribution in [0.15, 0.2) is 86.0 Å². The van der Waals surface area contributed by atoms with Crippen LogP contribution in [-0.2, 0) is 80.4 Å². The first kappa shape index (κ1) is 79.8. The minimum atomic E-state index is -0.652. The second kappa shape index (κ2) is 37.0. The molecule has 0 atom stereocenters. The summed E-state index contributed by atoms with van der Waals surface area (Å²) in [5, 5.41) is 41.3. The topological polar surface area (TPSA) is 467 Å². The molecule has 13 amide bonds. The van der Waals surface area contributed by atoms with Crippen LogP contribution in [0.1, 0.15) is 155 Å². The summed E-state index contributed by atoms with van der Waals surface area (Å²) < 4.78 is 12.0. The average molecular weight is 1480 g/mol. The number of hydrogen-bond acceptors (Lipinski definition) is 17. The van der Waals surface area contributed by atoms with E-state index in [0.717, 1.165) is 25.8 Å². The molecule has 8 aromatic rings. The van der Waals surface area contributed by atoms with Crippen molar-refractivity contribution in [3.8, 4) is 0 Å². The Morgan fingerprint density at radius 2 is 0.598 bits per heavy atom. The van der Waals surface area contributed by atoms with E-state index in [1.165, 1.54) is 88.7 Å². The molecule has 8 rings (SSSR count). The van der Waals surface area contributed by atoms with Crippen molar-refractivity contribution >= 4 is 123 Å². The quantitative estimate of drug-likeness (QED) is 0.0151. The Balaban J connectivity index is 0.717. The van der Waals surface area contributed by atoms with E-state index in [-0.39, 0.29) is 145 Å². The van der Waals surface area contributed by atoms with Crippen LogP contribution in [0.25, 0.3) is 0 Å². The maximum atomic E-state index is 13.6. The number of carbonyl (C=O) groups excluding carboxylic acids is 13. The van der Waals surface area contributed by atoms with E-state index in [0.29, 0.717) is 42.1 Å². The average Bonchev–Trinajstić information content (AvgIpc) is 1.68. The van der Waals surface area contributed by atoms with Gasteiger partial charge in [0, 0.05) is 164 Å². The van der Waals surface area contributed by atoms with Crippen molar-refractivity contribution in [1.82, 2.24) is 78.2 Å². The minimum Gasteiger partial charge on any atom is -0.356 e. The summed E-state index contributed by atoms with van der Waals surface area (Å²) in [6, 6.07) is 8.91. The number of rotatable bonds is 37. The fraction of sp³-hybridized carbons (Fsp3) is 0.377. The third-order valence-electron chi connectivity index (χ3n) is 16.6. The first-order valence-electron chi connectivity index (χ1n) is 34.1. The van der Waals surface area contributed by atoms with E-state index in [4.69, 9.17) is 5.21 Å². The van der Waals surface area contributed by atoms with Gasteiger partial charge in [-0.15, -0.1) is 0 Å². The summed E-state index contributed by atoms with van der Waals surface area (Å²) in [5.74, 6) is -6.09. The summed E-state index contributed by atoms with van der Waals surface area (Å²) in [6.07, 6.45) is 16.2. The molecular formula is C69H90N24O14. The zero-order chi connectivity index (χ0) is 77.8. The molecule has 570 valence electrons. The molecule has 0 bridgehead atoms. The van der Waals surface area contributed by atoms with Crippen LogP contribution in [0.4, 0.5) is 45.8 Å². The normalized spacial score (nSPS) is 11.0. The molecule has 0 saturated carbocycles. The summed E-state index contributed by atoms with van der Waals surface area (Å²) in [6.45, 7) is 1.54. The number of unbranched alkanes of at least 4 members (excludes halogenated alkanes) is 3. The van der Waals surface area contributed by atoms with Crippen molar-refractivity contribution in [2.75, 3.05) is 89.4 Å². The highest BCUT2D eigenvalue weighted by Gasteiger charge is 2.25. The van der Waals surface area contributed by atoms with Gasteiger partial charge in [0.15, 0.2) is 11.6 Å². The van der Waals surface area contributed by atoms with E-state index in [9.17, 15) is 62.3 Å². The Hall–Kier alpha value is -12.9. The molecule has 0 unspecified atom stereocenters. The Kier molecular flexibility index (Phi) is 27.6. The van der Waals surface area contributed by atoms with Crippen LogP contribution >= 0.6 is 0 Å². The number of nitrogens with one attached hydrogen (secondary N) is 13. The fourth-order valence-corrected chi connectivity index (χ4v) is 11.2. The van der Waals surface area contributed by atoms with E-state index in [1.54, 1.807) is 95.7 Å². The third kappa shape index (κ3) is 22.8. The molecule has 0 spiro atoms. The molecule has 14 N–H and O–H groups in total. The molecule has 8 aromatic heterocycles. The number of carbonyl (C=O) groups is 13. The summed E-state index contributed by atoms with van der Waals surface area (Å²) >= 11 is 0. The highest BCUT2D eigenvalue weighted by molar-refractivity contribution is 6.10. The van der Waals surface area contributed by atoms with Gasteiger partial charge in [-0.25, -0.2) is 15.4 Å². The smallest absolute Gasteiger partial charge is 0.291 e. The van der Waals surface area contributed by atoms with E-state index < -0.39 is 59.1 Å². The van der Waals surface area contributed by atoms with Gasteiger partial charge in [-0.05, 0) is 82.7 Å². The summed E-state index contributed by atoms with van der Waals surface area (Å²) in [7, 11) is 16.8. The number of nitrogens with zero attached hydrogens (tertiary/aromatic N) is 11. The van der Waals surface area contributed by atoms with Gasteiger partial charge in [-0.3, -0.25) is 67.5 Å². The predicted molar refractivity (Wildman–Crippen MR) is 394 cm³/mol. The maximum absolute atomic E-state index is 13.6. The SMILES string of the molecule is CN(C)CCCNC(=O)c1cc(NC(=O)c2cc(NC(=O)c3cc(NC(=O)c4nc(NC(=O)CCCNC(=O)c5cc(NC(=O)c6cc(NC(=O)c7cc(NC(=O)c8nc(NC(=O)CCNC(=O)CCNC(=O)CCCCCCC(=O)NO)cn8C)cn7C)cn6C)cn5C)cn4C)cn3C)cn2C)cn1C. The number of aromatic nitrogens is 10. The van der Waals surface area contributed by atoms with E-state index >= 15 is 0 Å². The van der Waals surface area contributed by atoms with Crippen molar-refractivity contribution in [2.45, 2.75) is 70.6 Å². The molecular weight excluding hydrogens is 1390 g/mol. The van der Waals surface area contributed by atoms with Gasteiger partial charge >= 0.3 is 0 Å². The van der Waals surface area contributed by atoms with Gasteiger partial charge in [0.2, 0.25) is 41.2 Å². The number of imidazole rings is 2. The Bertz CT molecular complexity index is 4640. The molecule has 0 aliphatic rings. The Morgan fingerprint density at radius 1 is 0.308 bits per heavy atom. The van der Waals surface area contributed by atoms with Gasteiger partial charge < -0.3 is 105 Å². The van der Waals surface area contributed by atoms with Crippen LogP contribution in [0.5, 0.6) is 0 Å². The van der Waals surface area contributed by atoms with Gasteiger partial charge in [0.1, 0.15) is 34.2 Å². The monoisotopic (exact) mass is 1480 g/mol. The lowest BCUT2D eigenvalue weighted by molar-refractivity contribution is -0.129. The second-order valence-electron chi connectivity index (χ2n) is 25.7. The fourth-order valence-electron chi connectivity index (χ4n) is 11.2. The van der Waals surface area contributed by atoms with Crippen molar-refractivity contribution in [1.29, 1.82) is 0 Å². The van der Waals surface area contributed by atoms with E-state index in [2.05, 4.69) is 73.8 Å². The van der Waals surface area contributed by atoms with Crippen LogP contribution in [0.2, 0.25) is 0 Å². The third-order valence-corrected chi connectivity index (χ3v) is 16.6. The summed E-state index contributed by atoms with van der Waals surface area (Å²) in [5.41, 5.74) is 4.66. The largest absolute Gasteiger partial charge is 0.356 e. The van der Waals surface area contributed by atoms with Gasteiger partial charge in [-0.1, -0.05) is 12.8 Å². The highest BCUT2D eigenvalue weighted by Crippen LogP contribution is 2.24. The van der Waals surface area contributed by atoms with Crippen molar-refractivity contribution in [3.63, 3.8) is 0 Å². The molecule has 8 heterocycles. The molecule has 0 aliphatic carbocycles. The van der Waals surface area contributed by atoms with Gasteiger partial charge in [0.05, 0.1) is 34.1 Å². The van der Waals surface area contributed by atoms with Crippen molar-refractivity contribution in [3.05, 3.63) is 132 Å². The molecule has 0 aromatic carbocycles.